The van der Waals surface area contributed by atoms with E-state index in [1.54, 1.807) is 6.92 Å². The molecule has 5 heteroatoms. The zero-order chi connectivity index (χ0) is 15.5. The van der Waals surface area contributed by atoms with Crippen molar-refractivity contribution in [2.75, 3.05) is 6.54 Å². The van der Waals surface area contributed by atoms with E-state index in [1.165, 1.54) is 18.2 Å². The van der Waals surface area contributed by atoms with E-state index in [1.807, 2.05) is 30.3 Å². The fourth-order valence-electron chi connectivity index (χ4n) is 2.07. The van der Waals surface area contributed by atoms with Gasteiger partial charge in [0.1, 0.15) is 11.5 Å². The number of aromatic hydroxyl groups is 2. The minimum atomic E-state index is -0.768. The highest BCUT2D eigenvalue weighted by atomic mass is 16.3. The first-order chi connectivity index (χ1) is 9.96. The minimum absolute atomic E-state index is 0.00519. The van der Waals surface area contributed by atoms with E-state index in [0.717, 1.165) is 5.56 Å². The molecule has 0 bridgehead atoms. The van der Waals surface area contributed by atoms with Crippen molar-refractivity contribution in [2.24, 2.45) is 5.73 Å². The van der Waals surface area contributed by atoms with Crippen LogP contribution in [0, 0.1) is 0 Å². The molecule has 110 valence electrons. The third kappa shape index (κ3) is 3.14. The number of phenolic OH excluding ortho intramolecular Hbond substituents is 2. The fourth-order valence-corrected chi connectivity index (χ4v) is 2.07. The molecule has 0 aliphatic carbocycles. The number of amides is 1. The molecule has 21 heavy (non-hydrogen) atoms. The third-order valence-electron chi connectivity index (χ3n) is 3.43. The van der Waals surface area contributed by atoms with Crippen LogP contribution in [0.5, 0.6) is 11.5 Å². The van der Waals surface area contributed by atoms with E-state index in [2.05, 4.69) is 5.32 Å². The molecule has 0 saturated carbocycles. The molecule has 0 aliphatic rings. The normalized spacial score (nSPS) is 13.4. The van der Waals surface area contributed by atoms with Gasteiger partial charge in [0.2, 0.25) is 0 Å². The zero-order valence-corrected chi connectivity index (χ0v) is 11.7. The van der Waals surface area contributed by atoms with Crippen molar-refractivity contribution in [3.63, 3.8) is 0 Å². The summed E-state index contributed by atoms with van der Waals surface area (Å²) in [7, 11) is 0. The van der Waals surface area contributed by atoms with Crippen molar-refractivity contribution in [3.8, 4) is 11.5 Å². The Bertz CT molecular complexity index is 643. The topological polar surface area (TPSA) is 95.6 Å². The van der Waals surface area contributed by atoms with Crippen LogP contribution in [0.3, 0.4) is 0 Å². The van der Waals surface area contributed by atoms with E-state index in [0.29, 0.717) is 0 Å². The van der Waals surface area contributed by atoms with Crippen LogP contribution in [-0.2, 0) is 5.54 Å². The van der Waals surface area contributed by atoms with Gasteiger partial charge < -0.3 is 21.3 Å². The maximum atomic E-state index is 12.3. The van der Waals surface area contributed by atoms with Gasteiger partial charge in [-0.1, -0.05) is 30.3 Å². The van der Waals surface area contributed by atoms with E-state index >= 15 is 0 Å². The number of carbonyl (C=O) groups excluding carboxylic acids is 1. The van der Waals surface area contributed by atoms with Crippen LogP contribution in [0.4, 0.5) is 0 Å². The summed E-state index contributed by atoms with van der Waals surface area (Å²) in [6.45, 7) is 2.00. The van der Waals surface area contributed by atoms with E-state index in [4.69, 9.17) is 5.73 Å². The molecule has 1 amide bonds. The molecule has 0 saturated heterocycles. The number of carbonyl (C=O) groups is 1. The van der Waals surface area contributed by atoms with Crippen molar-refractivity contribution >= 4 is 5.91 Å². The summed E-state index contributed by atoms with van der Waals surface area (Å²) in [5.41, 5.74) is 5.91. The van der Waals surface area contributed by atoms with Crippen molar-refractivity contribution in [2.45, 2.75) is 12.5 Å². The molecule has 0 radical (unpaired) electrons. The molecular formula is C16H18N2O3. The lowest BCUT2D eigenvalue weighted by Gasteiger charge is -2.30. The van der Waals surface area contributed by atoms with Gasteiger partial charge in [0.25, 0.3) is 5.91 Å². The van der Waals surface area contributed by atoms with Gasteiger partial charge in [-0.25, -0.2) is 0 Å². The summed E-state index contributed by atoms with van der Waals surface area (Å²) in [5.74, 6) is -0.787. The second-order valence-corrected chi connectivity index (χ2v) is 5.06. The molecule has 0 heterocycles. The molecule has 0 fully saturated rings. The molecule has 2 aromatic carbocycles. The summed E-state index contributed by atoms with van der Waals surface area (Å²) >= 11 is 0. The predicted molar refractivity (Wildman–Crippen MR) is 80.1 cm³/mol. The van der Waals surface area contributed by atoms with Gasteiger partial charge in [-0.2, -0.15) is 0 Å². The van der Waals surface area contributed by atoms with Crippen LogP contribution in [0.2, 0.25) is 0 Å². The van der Waals surface area contributed by atoms with Gasteiger partial charge in [0.15, 0.2) is 0 Å². The van der Waals surface area contributed by atoms with Gasteiger partial charge >= 0.3 is 0 Å². The third-order valence-corrected chi connectivity index (χ3v) is 3.43. The smallest absolute Gasteiger partial charge is 0.255 e. The monoisotopic (exact) mass is 286 g/mol. The lowest BCUT2D eigenvalue weighted by atomic mass is 9.91. The standard InChI is InChI=1S/C16H18N2O3/c1-16(10-17,11-5-3-2-4-6-11)18-15(21)13-9-12(19)7-8-14(13)20/h2-9,19-20H,10,17H2,1H3,(H,18,21). The molecular weight excluding hydrogens is 268 g/mol. The number of nitrogens with two attached hydrogens (primary N) is 1. The van der Waals surface area contributed by atoms with E-state index in [-0.39, 0.29) is 23.6 Å². The van der Waals surface area contributed by atoms with Crippen LogP contribution in [0.15, 0.2) is 48.5 Å². The Labute approximate surface area is 123 Å². The number of hydrogen-bond donors (Lipinski definition) is 4. The van der Waals surface area contributed by atoms with E-state index in [9.17, 15) is 15.0 Å². The maximum Gasteiger partial charge on any atom is 0.255 e. The summed E-state index contributed by atoms with van der Waals surface area (Å²) in [6.07, 6.45) is 0. The second kappa shape index (κ2) is 5.85. The fraction of sp³-hybridized carbons (Fsp3) is 0.188. The van der Waals surface area contributed by atoms with Gasteiger partial charge in [0, 0.05) is 6.54 Å². The SMILES string of the molecule is CC(CN)(NC(=O)c1cc(O)ccc1O)c1ccccc1. The maximum absolute atomic E-state index is 12.3. The molecule has 5 nitrogen and oxygen atoms in total. The number of benzene rings is 2. The highest BCUT2D eigenvalue weighted by Gasteiger charge is 2.28. The lowest BCUT2D eigenvalue weighted by molar-refractivity contribution is 0.0904. The zero-order valence-electron chi connectivity index (χ0n) is 11.7. The highest BCUT2D eigenvalue weighted by Crippen LogP contribution is 2.25. The Morgan fingerprint density at radius 2 is 1.86 bits per heavy atom. The number of hydrogen-bond acceptors (Lipinski definition) is 4. The van der Waals surface area contributed by atoms with Crippen LogP contribution in [-0.4, -0.2) is 22.7 Å². The predicted octanol–water partition coefficient (Wildman–Crippen LogP) is 1.70. The Hall–Kier alpha value is -2.53. The Morgan fingerprint density at radius 3 is 2.48 bits per heavy atom. The molecule has 2 aromatic rings. The van der Waals surface area contributed by atoms with Gasteiger partial charge in [-0.15, -0.1) is 0 Å². The quantitative estimate of drug-likeness (QED) is 0.643. The summed E-state index contributed by atoms with van der Waals surface area (Å²) in [5, 5.41) is 22.0. The first-order valence-corrected chi connectivity index (χ1v) is 6.56. The summed E-state index contributed by atoms with van der Waals surface area (Å²) in [6, 6.07) is 13.1. The van der Waals surface area contributed by atoms with Gasteiger partial charge in [-0.05, 0) is 30.7 Å². The molecule has 2 rings (SSSR count). The molecule has 0 aliphatic heterocycles. The molecule has 5 N–H and O–H groups in total. The van der Waals surface area contributed by atoms with Crippen molar-refractivity contribution in [3.05, 3.63) is 59.7 Å². The summed E-state index contributed by atoms with van der Waals surface area (Å²) < 4.78 is 0. The Morgan fingerprint density at radius 1 is 1.19 bits per heavy atom. The Kier molecular flexibility index (Phi) is 4.14. The van der Waals surface area contributed by atoms with Crippen LogP contribution >= 0.6 is 0 Å². The number of phenols is 2. The number of nitrogens with one attached hydrogen (secondary N) is 1. The minimum Gasteiger partial charge on any atom is -0.508 e. The van der Waals surface area contributed by atoms with Crippen molar-refractivity contribution in [1.29, 1.82) is 0 Å². The summed E-state index contributed by atoms with van der Waals surface area (Å²) in [4.78, 5) is 12.3. The molecule has 1 unspecified atom stereocenters. The largest absolute Gasteiger partial charge is 0.508 e. The Balaban J connectivity index is 2.30. The second-order valence-electron chi connectivity index (χ2n) is 5.06. The van der Waals surface area contributed by atoms with Gasteiger partial charge in [-0.3, -0.25) is 4.79 Å². The van der Waals surface area contributed by atoms with Crippen molar-refractivity contribution < 1.29 is 15.0 Å². The van der Waals surface area contributed by atoms with Crippen LogP contribution in [0.25, 0.3) is 0 Å². The van der Waals surface area contributed by atoms with Crippen LogP contribution < -0.4 is 11.1 Å². The molecule has 0 aromatic heterocycles. The lowest BCUT2D eigenvalue weighted by Crippen LogP contribution is -2.48. The number of rotatable bonds is 4. The average molecular weight is 286 g/mol. The first kappa shape index (κ1) is 14.9. The van der Waals surface area contributed by atoms with E-state index < -0.39 is 11.4 Å². The molecule has 1 atom stereocenters. The average Bonchev–Trinajstić information content (AvgIpc) is 2.50. The molecule has 0 spiro atoms. The first-order valence-electron chi connectivity index (χ1n) is 6.56. The van der Waals surface area contributed by atoms with Crippen molar-refractivity contribution in [1.82, 2.24) is 5.32 Å². The van der Waals surface area contributed by atoms with Gasteiger partial charge in [0.05, 0.1) is 11.1 Å². The highest BCUT2D eigenvalue weighted by molar-refractivity contribution is 5.97. The van der Waals surface area contributed by atoms with Crippen LogP contribution in [0.1, 0.15) is 22.8 Å².